The fourth-order valence-corrected chi connectivity index (χ4v) is 2.50. The SMILES string of the molecule is O=C(Cc1nccs1)c1cccc(Br)c1Cl. The number of halogens is 2. The average Bonchev–Trinajstić information content (AvgIpc) is 2.74. The number of Topliss-reactive ketones (excluding diaryl/α,β-unsaturated/α-hetero) is 1. The van der Waals surface area contributed by atoms with Gasteiger partial charge in [-0.3, -0.25) is 4.79 Å². The molecule has 0 unspecified atom stereocenters. The van der Waals surface area contributed by atoms with Gasteiger partial charge < -0.3 is 0 Å². The molecule has 82 valence electrons. The topological polar surface area (TPSA) is 30.0 Å². The minimum atomic E-state index is -0.0127. The molecule has 0 fully saturated rings. The molecule has 1 aromatic heterocycles. The highest BCUT2D eigenvalue weighted by molar-refractivity contribution is 9.10. The number of aromatic nitrogens is 1. The number of ketones is 1. The molecule has 16 heavy (non-hydrogen) atoms. The number of hydrogen-bond acceptors (Lipinski definition) is 3. The first-order valence-electron chi connectivity index (χ1n) is 4.54. The molecule has 1 aromatic carbocycles. The van der Waals surface area contributed by atoms with Crippen molar-refractivity contribution < 1.29 is 4.79 Å². The number of hydrogen-bond donors (Lipinski definition) is 0. The van der Waals surface area contributed by atoms with Crippen LogP contribution in [0.3, 0.4) is 0 Å². The predicted molar refractivity (Wildman–Crippen MR) is 69.3 cm³/mol. The van der Waals surface area contributed by atoms with Crippen LogP contribution in [-0.2, 0) is 6.42 Å². The lowest BCUT2D eigenvalue weighted by molar-refractivity contribution is 0.0993. The molecule has 0 aliphatic carbocycles. The van der Waals surface area contributed by atoms with Crippen molar-refractivity contribution in [1.82, 2.24) is 4.98 Å². The number of rotatable bonds is 3. The molecule has 1 heterocycles. The monoisotopic (exact) mass is 315 g/mol. The van der Waals surface area contributed by atoms with Crippen LogP contribution in [0, 0.1) is 0 Å². The molecule has 0 atom stereocenters. The second kappa shape index (κ2) is 5.08. The summed E-state index contributed by atoms with van der Waals surface area (Å²) in [5, 5.41) is 3.12. The third kappa shape index (κ3) is 2.51. The first-order valence-corrected chi connectivity index (χ1v) is 6.59. The van der Waals surface area contributed by atoms with Crippen LogP contribution in [0.4, 0.5) is 0 Å². The van der Waals surface area contributed by atoms with Gasteiger partial charge in [0.2, 0.25) is 0 Å². The number of carbonyl (C=O) groups is 1. The molecule has 0 aliphatic heterocycles. The van der Waals surface area contributed by atoms with Gasteiger partial charge in [-0.2, -0.15) is 0 Å². The van der Waals surface area contributed by atoms with Gasteiger partial charge in [0.25, 0.3) is 0 Å². The van der Waals surface area contributed by atoms with E-state index < -0.39 is 0 Å². The molecule has 0 radical (unpaired) electrons. The third-order valence-corrected chi connectivity index (χ3v) is 4.12. The molecule has 0 amide bonds. The summed E-state index contributed by atoms with van der Waals surface area (Å²) < 4.78 is 0.735. The maximum atomic E-state index is 11.9. The summed E-state index contributed by atoms with van der Waals surface area (Å²) in [4.78, 5) is 16.0. The van der Waals surface area contributed by atoms with Gasteiger partial charge in [-0.25, -0.2) is 4.98 Å². The zero-order valence-corrected chi connectivity index (χ0v) is 11.3. The lowest BCUT2D eigenvalue weighted by Gasteiger charge is -2.03. The fourth-order valence-electron chi connectivity index (χ4n) is 1.29. The second-order valence-electron chi connectivity index (χ2n) is 3.13. The summed E-state index contributed by atoms with van der Waals surface area (Å²) in [6, 6.07) is 5.33. The first-order chi connectivity index (χ1) is 7.68. The summed E-state index contributed by atoms with van der Waals surface area (Å²) in [6.45, 7) is 0. The van der Waals surface area contributed by atoms with Gasteiger partial charge in [-0.1, -0.05) is 17.7 Å². The van der Waals surface area contributed by atoms with Crippen LogP contribution in [0.25, 0.3) is 0 Å². The van der Waals surface area contributed by atoms with E-state index in [1.165, 1.54) is 11.3 Å². The Kier molecular flexibility index (Phi) is 3.74. The molecule has 5 heteroatoms. The quantitative estimate of drug-likeness (QED) is 0.802. The normalized spacial score (nSPS) is 10.4. The summed E-state index contributed by atoms with van der Waals surface area (Å²) in [5.41, 5.74) is 0.534. The smallest absolute Gasteiger partial charge is 0.171 e. The highest BCUT2D eigenvalue weighted by Crippen LogP contribution is 2.27. The minimum absolute atomic E-state index is 0.0127. The van der Waals surface area contributed by atoms with E-state index in [9.17, 15) is 4.79 Å². The van der Waals surface area contributed by atoms with Crippen molar-refractivity contribution in [1.29, 1.82) is 0 Å². The number of benzene rings is 1. The Balaban J connectivity index is 2.24. The summed E-state index contributed by atoms with van der Waals surface area (Å²) >= 11 is 10.8. The summed E-state index contributed by atoms with van der Waals surface area (Å²) in [6.07, 6.45) is 1.99. The van der Waals surface area contributed by atoms with E-state index in [1.807, 2.05) is 11.4 Å². The van der Waals surface area contributed by atoms with Crippen molar-refractivity contribution in [2.24, 2.45) is 0 Å². The maximum Gasteiger partial charge on any atom is 0.171 e. The number of thiazole rings is 1. The minimum Gasteiger partial charge on any atom is -0.294 e. The molecule has 0 spiro atoms. The molecular weight excluding hydrogens is 310 g/mol. The van der Waals surface area contributed by atoms with E-state index in [0.29, 0.717) is 17.0 Å². The second-order valence-corrected chi connectivity index (χ2v) is 5.34. The van der Waals surface area contributed by atoms with Crippen LogP contribution in [0.15, 0.2) is 34.2 Å². The van der Waals surface area contributed by atoms with E-state index in [4.69, 9.17) is 11.6 Å². The van der Waals surface area contributed by atoms with E-state index >= 15 is 0 Å². The summed E-state index contributed by atoms with van der Waals surface area (Å²) in [5.74, 6) is -0.0127. The van der Waals surface area contributed by atoms with E-state index in [0.717, 1.165) is 9.48 Å². The molecular formula is C11H7BrClNOS. The van der Waals surface area contributed by atoms with E-state index in [2.05, 4.69) is 20.9 Å². The molecule has 2 aromatic rings. The van der Waals surface area contributed by atoms with Gasteiger partial charge in [0.05, 0.1) is 11.4 Å². The number of nitrogens with zero attached hydrogens (tertiary/aromatic N) is 1. The molecule has 0 bridgehead atoms. The van der Waals surface area contributed by atoms with E-state index in [1.54, 1.807) is 18.3 Å². The fraction of sp³-hybridized carbons (Fsp3) is 0.0909. The Morgan fingerprint density at radius 3 is 3.00 bits per heavy atom. The van der Waals surface area contributed by atoms with Crippen molar-refractivity contribution >= 4 is 44.7 Å². The first kappa shape index (κ1) is 11.8. The van der Waals surface area contributed by atoms with Crippen LogP contribution >= 0.6 is 38.9 Å². The Bertz CT molecular complexity index is 513. The van der Waals surface area contributed by atoms with Crippen molar-refractivity contribution in [3.05, 3.63) is 49.8 Å². The lowest BCUT2D eigenvalue weighted by atomic mass is 10.1. The van der Waals surface area contributed by atoms with Gasteiger partial charge in [0.1, 0.15) is 5.01 Å². The third-order valence-electron chi connectivity index (χ3n) is 2.05. The van der Waals surface area contributed by atoms with Crippen molar-refractivity contribution in [3.63, 3.8) is 0 Å². The van der Waals surface area contributed by atoms with Crippen molar-refractivity contribution in [2.45, 2.75) is 6.42 Å². The molecule has 2 nitrogen and oxygen atoms in total. The van der Waals surface area contributed by atoms with Crippen LogP contribution in [0.2, 0.25) is 5.02 Å². The standard InChI is InChI=1S/C11H7BrClNOS/c12-8-3-1-2-7(11(8)13)9(15)6-10-14-4-5-16-10/h1-5H,6H2. The lowest BCUT2D eigenvalue weighted by Crippen LogP contribution is -2.04. The largest absolute Gasteiger partial charge is 0.294 e. The van der Waals surface area contributed by atoms with Gasteiger partial charge in [-0.05, 0) is 28.1 Å². The molecule has 0 saturated carbocycles. The molecule has 2 rings (SSSR count). The Hall–Kier alpha value is -0.710. The average molecular weight is 317 g/mol. The maximum absolute atomic E-state index is 11.9. The molecule has 0 N–H and O–H groups in total. The van der Waals surface area contributed by atoms with Crippen molar-refractivity contribution in [3.8, 4) is 0 Å². The predicted octanol–water partition coefficient (Wildman–Crippen LogP) is 3.98. The Labute approximate surface area is 110 Å². The zero-order chi connectivity index (χ0) is 11.5. The van der Waals surface area contributed by atoms with Gasteiger partial charge in [-0.15, -0.1) is 11.3 Å². The van der Waals surface area contributed by atoms with Gasteiger partial charge in [0, 0.05) is 21.6 Å². The Morgan fingerprint density at radius 1 is 1.50 bits per heavy atom. The van der Waals surface area contributed by atoms with Crippen LogP contribution in [0.1, 0.15) is 15.4 Å². The van der Waals surface area contributed by atoms with Crippen LogP contribution < -0.4 is 0 Å². The van der Waals surface area contributed by atoms with Gasteiger partial charge in [0.15, 0.2) is 5.78 Å². The van der Waals surface area contributed by atoms with Crippen molar-refractivity contribution in [2.75, 3.05) is 0 Å². The number of carbonyl (C=O) groups excluding carboxylic acids is 1. The van der Waals surface area contributed by atoms with E-state index in [-0.39, 0.29) is 5.78 Å². The highest BCUT2D eigenvalue weighted by atomic mass is 79.9. The highest BCUT2D eigenvalue weighted by Gasteiger charge is 2.13. The van der Waals surface area contributed by atoms with Crippen LogP contribution in [0.5, 0.6) is 0 Å². The summed E-state index contributed by atoms with van der Waals surface area (Å²) in [7, 11) is 0. The molecule has 0 aliphatic rings. The van der Waals surface area contributed by atoms with Gasteiger partial charge >= 0.3 is 0 Å². The Morgan fingerprint density at radius 2 is 2.31 bits per heavy atom. The van der Waals surface area contributed by atoms with Crippen LogP contribution in [-0.4, -0.2) is 10.8 Å². The zero-order valence-electron chi connectivity index (χ0n) is 8.11. The molecule has 0 saturated heterocycles.